The minimum atomic E-state index is 0.397. The summed E-state index contributed by atoms with van der Waals surface area (Å²) in [6, 6.07) is 0. The zero-order chi connectivity index (χ0) is 14.3. The second kappa shape index (κ2) is 8.25. The average Bonchev–Trinajstić information content (AvgIpc) is 2.37. The molecule has 1 heterocycles. The fourth-order valence-corrected chi connectivity index (χ4v) is 2.69. The number of rotatable bonds is 8. The third-order valence-electron chi connectivity index (χ3n) is 2.87. The van der Waals surface area contributed by atoms with Crippen LogP contribution in [0.5, 0.6) is 0 Å². The van der Waals surface area contributed by atoms with E-state index >= 15 is 0 Å². The molecule has 0 spiro atoms. The van der Waals surface area contributed by atoms with Crippen LogP contribution in [0.4, 0.5) is 11.6 Å². The Morgan fingerprint density at radius 3 is 2.32 bits per heavy atom. The van der Waals surface area contributed by atoms with Gasteiger partial charge >= 0.3 is 0 Å². The zero-order valence-corrected chi connectivity index (χ0v) is 13.5. The van der Waals surface area contributed by atoms with Crippen molar-refractivity contribution in [1.82, 2.24) is 9.97 Å². The van der Waals surface area contributed by atoms with Crippen LogP contribution in [0.25, 0.3) is 0 Å². The van der Waals surface area contributed by atoms with E-state index in [1.54, 1.807) is 6.33 Å². The van der Waals surface area contributed by atoms with Gasteiger partial charge in [-0.2, -0.15) is 11.8 Å². The standard InChI is InChI=1S/C14H26N4S/c1-6-15-13-12(10(2)3)14(18-9-17-13)16-7-11(4)8-19-5/h9-11H,6-8H2,1-5H3,(H2,15,16,17,18). The number of hydrogen-bond acceptors (Lipinski definition) is 5. The van der Waals surface area contributed by atoms with Gasteiger partial charge in [0, 0.05) is 18.7 Å². The van der Waals surface area contributed by atoms with E-state index in [1.165, 1.54) is 5.56 Å². The highest BCUT2D eigenvalue weighted by atomic mass is 32.2. The SMILES string of the molecule is CCNc1ncnc(NCC(C)CSC)c1C(C)C. The normalized spacial score (nSPS) is 12.5. The molecule has 0 radical (unpaired) electrons. The van der Waals surface area contributed by atoms with Crippen LogP contribution >= 0.6 is 11.8 Å². The van der Waals surface area contributed by atoms with Gasteiger partial charge in [-0.1, -0.05) is 20.8 Å². The molecule has 0 amide bonds. The van der Waals surface area contributed by atoms with E-state index in [4.69, 9.17) is 0 Å². The molecular weight excluding hydrogens is 256 g/mol. The van der Waals surface area contributed by atoms with Crippen LogP contribution in [0.1, 0.15) is 39.2 Å². The van der Waals surface area contributed by atoms with Gasteiger partial charge in [0.2, 0.25) is 0 Å². The molecule has 5 heteroatoms. The van der Waals surface area contributed by atoms with Gasteiger partial charge < -0.3 is 10.6 Å². The number of aromatic nitrogens is 2. The van der Waals surface area contributed by atoms with Gasteiger partial charge in [0.15, 0.2) is 0 Å². The van der Waals surface area contributed by atoms with Crippen LogP contribution in [0.3, 0.4) is 0 Å². The molecule has 2 N–H and O–H groups in total. The van der Waals surface area contributed by atoms with Crippen molar-refractivity contribution in [2.45, 2.75) is 33.6 Å². The van der Waals surface area contributed by atoms with Crippen molar-refractivity contribution in [2.75, 3.05) is 35.7 Å². The summed E-state index contributed by atoms with van der Waals surface area (Å²) >= 11 is 1.88. The number of thioether (sulfide) groups is 1. The Morgan fingerprint density at radius 1 is 1.16 bits per heavy atom. The highest BCUT2D eigenvalue weighted by molar-refractivity contribution is 7.98. The second-order valence-corrected chi connectivity index (χ2v) is 6.02. The molecule has 1 aromatic heterocycles. The first-order chi connectivity index (χ1) is 9.10. The summed E-state index contributed by atoms with van der Waals surface area (Å²) in [4.78, 5) is 8.75. The molecule has 0 aromatic carbocycles. The molecule has 0 aliphatic rings. The van der Waals surface area contributed by atoms with E-state index in [1.807, 2.05) is 11.8 Å². The van der Waals surface area contributed by atoms with Gasteiger partial charge in [-0.25, -0.2) is 9.97 Å². The molecule has 0 saturated heterocycles. The topological polar surface area (TPSA) is 49.8 Å². The summed E-state index contributed by atoms with van der Waals surface area (Å²) in [6.45, 7) is 10.5. The molecule has 1 atom stereocenters. The Labute approximate surface area is 121 Å². The average molecular weight is 282 g/mol. The largest absolute Gasteiger partial charge is 0.370 e. The molecule has 4 nitrogen and oxygen atoms in total. The fraction of sp³-hybridized carbons (Fsp3) is 0.714. The van der Waals surface area contributed by atoms with E-state index in [2.05, 4.69) is 54.6 Å². The quantitative estimate of drug-likeness (QED) is 0.765. The fourth-order valence-electron chi connectivity index (χ4n) is 2.01. The third-order valence-corrected chi connectivity index (χ3v) is 3.78. The van der Waals surface area contributed by atoms with Gasteiger partial charge in [0.25, 0.3) is 0 Å². The van der Waals surface area contributed by atoms with E-state index < -0.39 is 0 Å². The number of nitrogens with zero attached hydrogens (tertiary/aromatic N) is 2. The van der Waals surface area contributed by atoms with Gasteiger partial charge in [-0.05, 0) is 30.8 Å². The minimum absolute atomic E-state index is 0.397. The van der Waals surface area contributed by atoms with Crippen LogP contribution in [0, 0.1) is 5.92 Å². The molecule has 1 rings (SSSR count). The molecule has 1 unspecified atom stereocenters. The van der Waals surface area contributed by atoms with E-state index in [9.17, 15) is 0 Å². The van der Waals surface area contributed by atoms with Crippen molar-refractivity contribution in [3.8, 4) is 0 Å². The molecule has 1 aromatic rings. The van der Waals surface area contributed by atoms with Crippen LogP contribution in [0.15, 0.2) is 6.33 Å². The van der Waals surface area contributed by atoms with Crippen LogP contribution in [-0.4, -0.2) is 35.1 Å². The monoisotopic (exact) mass is 282 g/mol. The number of hydrogen-bond donors (Lipinski definition) is 2. The van der Waals surface area contributed by atoms with E-state index in [-0.39, 0.29) is 0 Å². The molecule has 0 bridgehead atoms. The second-order valence-electron chi connectivity index (χ2n) is 5.11. The first-order valence-electron chi connectivity index (χ1n) is 6.91. The van der Waals surface area contributed by atoms with Crippen molar-refractivity contribution in [1.29, 1.82) is 0 Å². The van der Waals surface area contributed by atoms with Gasteiger partial charge in [-0.3, -0.25) is 0 Å². The summed E-state index contributed by atoms with van der Waals surface area (Å²) in [6.07, 6.45) is 3.77. The lowest BCUT2D eigenvalue weighted by atomic mass is 10.0. The predicted molar refractivity (Wildman–Crippen MR) is 86.3 cm³/mol. The van der Waals surface area contributed by atoms with Crippen molar-refractivity contribution in [2.24, 2.45) is 5.92 Å². The van der Waals surface area contributed by atoms with E-state index in [0.717, 1.165) is 30.5 Å². The van der Waals surface area contributed by atoms with Gasteiger partial charge in [0.1, 0.15) is 18.0 Å². The third kappa shape index (κ3) is 4.90. The lowest BCUT2D eigenvalue weighted by Gasteiger charge is -2.19. The van der Waals surface area contributed by atoms with Crippen molar-refractivity contribution < 1.29 is 0 Å². The van der Waals surface area contributed by atoms with Crippen LogP contribution in [0.2, 0.25) is 0 Å². The van der Waals surface area contributed by atoms with Crippen LogP contribution in [-0.2, 0) is 0 Å². The van der Waals surface area contributed by atoms with Gasteiger partial charge in [0.05, 0.1) is 0 Å². The highest BCUT2D eigenvalue weighted by Gasteiger charge is 2.14. The summed E-state index contributed by atoms with van der Waals surface area (Å²) in [7, 11) is 0. The smallest absolute Gasteiger partial charge is 0.134 e. The number of anilines is 2. The Balaban J connectivity index is 2.84. The maximum Gasteiger partial charge on any atom is 0.134 e. The molecule has 0 fully saturated rings. The summed E-state index contributed by atoms with van der Waals surface area (Å²) in [5.74, 6) is 4.11. The Morgan fingerprint density at radius 2 is 1.79 bits per heavy atom. The Kier molecular flexibility index (Phi) is 6.99. The first kappa shape index (κ1) is 16.1. The van der Waals surface area contributed by atoms with Crippen molar-refractivity contribution >= 4 is 23.4 Å². The summed E-state index contributed by atoms with van der Waals surface area (Å²) in [5.41, 5.74) is 1.18. The maximum atomic E-state index is 4.41. The van der Waals surface area contributed by atoms with Crippen molar-refractivity contribution in [3.05, 3.63) is 11.9 Å². The molecule has 108 valence electrons. The molecule has 0 saturated carbocycles. The molecule has 0 aliphatic carbocycles. The van der Waals surface area contributed by atoms with Crippen molar-refractivity contribution in [3.63, 3.8) is 0 Å². The van der Waals surface area contributed by atoms with Crippen LogP contribution < -0.4 is 10.6 Å². The zero-order valence-electron chi connectivity index (χ0n) is 12.7. The van der Waals surface area contributed by atoms with E-state index in [0.29, 0.717) is 11.8 Å². The maximum absolute atomic E-state index is 4.41. The molecule has 19 heavy (non-hydrogen) atoms. The highest BCUT2D eigenvalue weighted by Crippen LogP contribution is 2.28. The summed E-state index contributed by atoms with van der Waals surface area (Å²) < 4.78 is 0. The Bertz CT molecular complexity index is 382. The molecular formula is C14H26N4S. The lowest BCUT2D eigenvalue weighted by Crippen LogP contribution is -2.17. The predicted octanol–water partition coefficient (Wildman–Crippen LogP) is 3.44. The lowest BCUT2D eigenvalue weighted by molar-refractivity contribution is 0.696. The molecule has 0 aliphatic heterocycles. The van der Waals surface area contributed by atoms with Gasteiger partial charge in [-0.15, -0.1) is 0 Å². The first-order valence-corrected chi connectivity index (χ1v) is 8.31. The minimum Gasteiger partial charge on any atom is -0.370 e. The Hall–Kier alpha value is -0.970. The number of nitrogens with one attached hydrogen (secondary N) is 2. The summed E-state index contributed by atoms with van der Waals surface area (Å²) in [5, 5.41) is 6.79.